The standard InChI is InChI=1S/C12H20O.C2H4O2/c1-9-4-3-5-10-8-11(13)6-7-12(9,10)2;1-2(3)4/h5,9,11,13H,3-4,6-8H2,1-2H3;1H3,(H,3,4). The van der Waals surface area contributed by atoms with Crippen LogP contribution in [-0.2, 0) is 4.79 Å². The van der Waals surface area contributed by atoms with Crippen molar-refractivity contribution in [3.8, 4) is 0 Å². The monoisotopic (exact) mass is 240 g/mol. The molecule has 2 aliphatic rings. The van der Waals surface area contributed by atoms with Crippen LogP contribution < -0.4 is 0 Å². The van der Waals surface area contributed by atoms with E-state index in [1.54, 1.807) is 0 Å². The average molecular weight is 240 g/mol. The van der Waals surface area contributed by atoms with Crippen LogP contribution in [0.4, 0.5) is 0 Å². The van der Waals surface area contributed by atoms with E-state index in [9.17, 15) is 5.11 Å². The van der Waals surface area contributed by atoms with Gasteiger partial charge in [-0.2, -0.15) is 0 Å². The Morgan fingerprint density at radius 2 is 2.06 bits per heavy atom. The van der Waals surface area contributed by atoms with Gasteiger partial charge in [-0.3, -0.25) is 4.79 Å². The second-order valence-electron chi connectivity index (χ2n) is 5.54. The molecule has 0 aromatic heterocycles. The zero-order valence-corrected chi connectivity index (χ0v) is 11.1. The first-order chi connectivity index (χ1) is 7.86. The first-order valence-electron chi connectivity index (χ1n) is 6.43. The fourth-order valence-corrected chi connectivity index (χ4v) is 2.92. The van der Waals surface area contributed by atoms with E-state index in [0.29, 0.717) is 5.41 Å². The molecule has 0 heterocycles. The smallest absolute Gasteiger partial charge is 0.300 e. The van der Waals surface area contributed by atoms with Crippen molar-refractivity contribution in [1.29, 1.82) is 0 Å². The predicted octanol–water partition coefficient (Wildman–Crippen LogP) is 2.98. The number of aliphatic carboxylic acids is 1. The Balaban J connectivity index is 0.000000317. The third kappa shape index (κ3) is 3.56. The van der Waals surface area contributed by atoms with E-state index in [1.165, 1.54) is 24.8 Å². The molecule has 2 N–H and O–H groups in total. The van der Waals surface area contributed by atoms with E-state index in [-0.39, 0.29) is 6.10 Å². The fourth-order valence-electron chi connectivity index (χ4n) is 2.92. The lowest BCUT2D eigenvalue weighted by molar-refractivity contribution is -0.134. The first kappa shape index (κ1) is 14.2. The molecule has 98 valence electrons. The molecule has 2 aliphatic carbocycles. The van der Waals surface area contributed by atoms with Crippen LogP contribution in [0.1, 0.15) is 52.9 Å². The number of hydrogen-bond acceptors (Lipinski definition) is 2. The summed E-state index contributed by atoms with van der Waals surface area (Å²) in [6.07, 6.45) is 7.97. The van der Waals surface area contributed by atoms with Crippen molar-refractivity contribution in [2.45, 2.75) is 59.0 Å². The number of allylic oxidation sites excluding steroid dienone is 1. The number of hydrogen-bond donors (Lipinski definition) is 2. The van der Waals surface area contributed by atoms with Crippen LogP contribution >= 0.6 is 0 Å². The second-order valence-corrected chi connectivity index (χ2v) is 5.54. The normalized spacial score (nSPS) is 36.1. The fraction of sp³-hybridized carbons (Fsp3) is 0.786. The summed E-state index contributed by atoms with van der Waals surface area (Å²) in [7, 11) is 0. The molecular weight excluding hydrogens is 216 g/mol. The molecule has 0 radical (unpaired) electrons. The van der Waals surface area contributed by atoms with E-state index in [1.807, 2.05) is 0 Å². The highest BCUT2D eigenvalue weighted by Gasteiger charge is 2.40. The molecule has 0 amide bonds. The molecule has 0 aromatic rings. The maximum absolute atomic E-state index is 9.61. The summed E-state index contributed by atoms with van der Waals surface area (Å²) < 4.78 is 0. The summed E-state index contributed by atoms with van der Waals surface area (Å²) in [6.45, 7) is 5.83. The van der Waals surface area contributed by atoms with E-state index in [0.717, 1.165) is 25.7 Å². The van der Waals surface area contributed by atoms with Crippen LogP contribution in [0.2, 0.25) is 0 Å². The lowest BCUT2D eigenvalue weighted by Gasteiger charge is -2.45. The molecular formula is C14H24O3. The highest BCUT2D eigenvalue weighted by Crippen LogP contribution is 2.50. The van der Waals surface area contributed by atoms with Gasteiger partial charge >= 0.3 is 0 Å². The number of aliphatic hydroxyl groups is 1. The minimum Gasteiger partial charge on any atom is -0.481 e. The zero-order valence-electron chi connectivity index (χ0n) is 11.1. The Morgan fingerprint density at radius 3 is 2.65 bits per heavy atom. The van der Waals surface area contributed by atoms with E-state index < -0.39 is 5.97 Å². The Bertz CT molecular complexity index is 305. The molecule has 1 fully saturated rings. The van der Waals surface area contributed by atoms with Crippen molar-refractivity contribution in [1.82, 2.24) is 0 Å². The molecule has 0 aliphatic heterocycles. The lowest BCUT2D eigenvalue weighted by atomic mass is 9.60. The van der Waals surface area contributed by atoms with Gasteiger partial charge in [0.05, 0.1) is 6.10 Å². The third-order valence-corrected chi connectivity index (χ3v) is 4.26. The molecule has 3 unspecified atom stereocenters. The van der Waals surface area contributed by atoms with Crippen LogP contribution in [-0.4, -0.2) is 22.3 Å². The summed E-state index contributed by atoms with van der Waals surface area (Å²) in [5.74, 6) is -0.0278. The first-order valence-corrected chi connectivity index (χ1v) is 6.43. The van der Waals surface area contributed by atoms with Crippen LogP contribution in [0.25, 0.3) is 0 Å². The number of rotatable bonds is 0. The minimum absolute atomic E-state index is 0.0652. The van der Waals surface area contributed by atoms with Crippen molar-refractivity contribution in [3.05, 3.63) is 11.6 Å². The van der Waals surface area contributed by atoms with Gasteiger partial charge in [-0.05, 0) is 43.4 Å². The molecule has 0 aromatic carbocycles. The Kier molecular flexibility index (Phi) is 4.75. The molecule has 17 heavy (non-hydrogen) atoms. The summed E-state index contributed by atoms with van der Waals surface area (Å²) >= 11 is 0. The largest absolute Gasteiger partial charge is 0.481 e. The maximum Gasteiger partial charge on any atom is 0.300 e. The van der Waals surface area contributed by atoms with Crippen molar-refractivity contribution in [2.24, 2.45) is 11.3 Å². The van der Waals surface area contributed by atoms with Crippen LogP contribution in [0, 0.1) is 11.3 Å². The third-order valence-electron chi connectivity index (χ3n) is 4.26. The highest BCUT2D eigenvalue weighted by molar-refractivity contribution is 5.62. The van der Waals surface area contributed by atoms with E-state index in [4.69, 9.17) is 9.90 Å². The SMILES string of the molecule is CC(=O)O.CC1CCC=C2CC(O)CCC21C. The van der Waals surface area contributed by atoms with Gasteiger partial charge in [-0.25, -0.2) is 0 Å². The Labute approximate surface area is 104 Å². The van der Waals surface area contributed by atoms with Gasteiger partial charge in [0.2, 0.25) is 0 Å². The zero-order chi connectivity index (χ0) is 13.1. The van der Waals surface area contributed by atoms with Gasteiger partial charge in [0.1, 0.15) is 0 Å². The average Bonchev–Trinajstić information content (AvgIpc) is 2.21. The molecule has 2 rings (SSSR count). The van der Waals surface area contributed by atoms with Gasteiger partial charge in [0.25, 0.3) is 5.97 Å². The number of carboxylic acids is 1. The number of carboxylic acid groups (broad SMARTS) is 1. The van der Waals surface area contributed by atoms with Gasteiger partial charge < -0.3 is 10.2 Å². The van der Waals surface area contributed by atoms with Crippen molar-refractivity contribution >= 4 is 5.97 Å². The van der Waals surface area contributed by atoms with Crippen LogP contribution in [0.15, 0.2) is 11.6 Å². The molecule has 0 saturated heterocycles. The molecule has 3 heteroatoms. The summed E-state index contributed by atoms with van der Waals surface area (Å²) in [6, 6.07) is 0. The highest BCUT2D eigenvalue weighted by atomic mass is 16.4. The van der Waals surface area contributed by atoms with Gasteiger partial charge in [-0.15, -0.1) is 0 Å². The lowest BCUT2D eigenvalue weighted by Crippen LogP contribution is -2.36. The number of aliphatic hydroxyl groups excluding tert-OH is 1. The van der Waals surface area contributed by atoms with Crippen LogP contribution in [0.5, 0.6) is 0 Å². The van der Waals surface area contributed by atoms with Gasteiger partial charge in [0, 0.05) is 6.92 Å². The molecule has 3 atom stereocenters. The summed E-state index contributed by atoms with van der Waals surface area (Å²) in [5, 5.41) is 17.0. The molecule has 0 spiro atoms. The minimum atomic E-state index is -0.833. The topological polar surface area (TPSA) is 57.5 Å². The van der Waals surface area contributed by atoms with Crippen molar-refractivity contribution < 1.29 is 15.0 Å². The number of carbonyl (C=O) groups is 1. The van der Waals surface area contributed by atoms with E-state index in [2.05, 4.69) is 19.9 Å². The van der Waals surface area contributed by atoms with E-state index >= 15 is 0 Å². The summed E-state index contributed by atoms with van der Waals surface area (Å²) in [5.41, 5.74) is 1.95. The van der Waals surface area contributed by atoms with Gasteiger partial charge in [-0.1, -0.05) is 25.5 Å². The van der Waals surface area contributed by atoms with Gasteiger partial charge in [0.15, 0.2) is 0 Å². The number of fused-ring (bicyclic) bond motifs is 1. The van der Waals surface area contributed by atoms with Crippen LogP contribution in [0.3, 0.4) is 0 Å². The molecule has 1 saturated carbocycles. The predicted molar refractivity (Wildman–Crippen MR) is 67.8 cm³/mol. The molecule has 0 bridgehead atoms. The quantitative estimate of drug-likeness (QED) is 0.640. The van der Waals surface area contributed by atoms with Crippen molar-refractivity contribution in [2.75, 3.05) is 0 Å². The van der Waals surface area contributed by atoms with Crippen molar-refractivity contribution in [3.63, 3.8) is 0 Å². The maximum atomic E-state index is 9.61. The molecule has 3 nitrogen and oxygen atoms in total. The second kappa shape index (κ2) is 5.67. The Morgan fingerprint density at radius 1 is 1.47 bits per heavy atom. The summed E-state index contributed by atoms with van der Waals surface area (Å²) in [4.78, 5) is 9.00. The Hall–Kier alpha value is -0.830.